The van der Waals surface area contributed by atoms with Gasteiger partial charge < -0.3 is 4.74 Å². The minimum absolute atomic E-state index is 0.0273. The summed E-state index contributed by atoms with van der Waals surface area (Å²) in [5, 5.41) is 15.1. The molecule has 0 aliphatic rings. The Morgan fingerprint density at radius 2 is 2.11 bits per heavy atom. The van der Waals surface area contributed by atoms with Crippen molar-refractivity contribution in [3.63, 3.8) is 0 Å². The monoisotopic (exact) mass is 345 g/mol. The molecule has 0 radical (unpaired) electrons. The first-order chi connectivity index (χ1) is 9.04. The predicted molar refractivity (Wildman–Crippen MR) is 73.6 cm³/mol. The van der Waals surface area contributed by atoms with E-state index in [1.54, 1.807) is 24.3 Å². The van der Waals surface area contributed by atoms with Crippen LogP contribution in [0.15, 0.2) is 28.7 Å². The van der Waals surface area contributed by atoms with E-state index in [1.807, 2.05) is 0 Å². The summed E-state index contributed by atoms with van der Waals surface area (Å²) in [6, 6.07) is 7.11. The van der Waals surface area contributed by atoms with Gasteiger partial charge in [0, 0.05) is 11.6 Å². The van der Waals surface area contributed by atoms with Gasteiger partial charge in [-0.05, 0) is 24.3 Å². The van der Waals surface area contributed by atoms with Crippen LogP contribution >= 0.6 is 27.5 Å². The van der Waals surface area contributed by atoms with Gasteiger partial charge in [-0.2, -0.15) is 5.10 Å². The van der Waals surface area contributed by atoms with Gasteiger partial charge in [0.1, 0.15) is 0 Å². The van der Waals surface area contributed by atoms with Gasteiger partial charge in [-0.3, -0.25) is 10.1 Å². The fraction of sp³-hybridized carbons (Fsp3) is 0.182. The molecule has 0 fully saturated rings. The topological polar surface area (TPSA) is 70.2 Å². The van der Waals surface area contributed by atoms with Crippen molar-refractivity contribution < 1.29 is 9.66 Å². The second-order valence-corrected chi connectivity index (χ2v) is 4.94. The maximum atomic E-state index is 11.0. The van der Waals surface area contributed by atoms with Crippen molar-refractivity contribution in [3.8, 4) is 5.69 Å². The summed E-state index contributed by atoms with van der Waals surface area (Å²) in [6.45, 7) is 0.0273. The van der Waals surface area contributed by atoms with Crippen molar-refractivity contribution in [1.82, 2.24) is 9.78 Å². The highest BCUT2D eigenvalue weighted by Crippen LogP contribution is 2.31. The normalized spacial score (nSPS) is 10.7. The van der Waals surface area contributed by atoms with Crippen LogP contribution in [0.25, 0.3) is 5.69 Å². The number of nitrogens with zero attached hydrogens (tertiary/aromatic N) is 3. The van der Waals surface area contributed by atoms with Crippen LogP contribution in [0.5, 0.6) is 0 Å². The van der Waals surface area contributed by atoms with Crippen molar-refractivity contribution in [1.29, 1.82) is 0 Å². The summed E-state index contributed by atoms with van der Waals surface area (Å²) in [4.78, 5) is 10.5. The molecule has 0 aliphatic heterocycles. The summed E-state index contributed by atoms with van der Waals surface area (Å²) in [6.07, 6.45) is 0. The third-order valence-electron chi connectivity index (χ3n) is 2.41. The summed E-state index contributed by atoms with van der Waals surface area (Å²) in [5.41, 5.74) is 0.602. The molecule has 2 aromatic rings. The van der Waals surface area contributed by atoms with Crippen molar-refractivity contribution in [2.45, 2.75) is 6.61 Å². The highest BCUT2D eigenvalue weighted by molar-refractivity contribution is 9.10. The van der Waals surface area contributed by atoms with Gasteiger partial charge >= 0.3 is 5.69 Å². The number of hydrogen-bond acceptors (Lipinski definition) is 4. The molecule has 0 unspecified atom stereocenters. The first kappa shape index (κ1) is 14.0. The van der Waals surface area contributed by atoms with E-state index in [1.165, 1.54) is 11.8 Å². The molecule has 0 aliphatic carbocycles. The summed E-state index contributed by atoms with van der Waals surface area (Å²) in [7, 11) is 1.44. The third-order valence-corrected chi connectivity index (χ3v) is 3.28. The predicted octanol–water partition coefficient (Wildman–Crippen LogP) is 3.34. The van der Waals surface area contributed by atoms with Gasteiger partial charge in [0.2, 0.25) is 5.15 Å². The van der Waals surface area contributed by atoms with Crippen molar-refractivity contribution in [3.05, 3.63) is 49.7 Å². The van der Waals surface area contributed by atoms with Crippen LogP contribution in [0, 0.1) is 10.1 Å². The SMILES string of the molecule is COCc1nn(-c2ccc(Br)cc2)c(Cl)c1[N+](=O)[O-]. The van der Waals surface area contributed by atoms with Gasteiger partial charge in [-0.25, -0.2) is 4.68 Å². The Hall–Kier alpha value is -1.44. The van der Waals surface area contributed by atoms with Crippen LogP contribution in [0.4, 0.5) is 5.69 Å². The standard InChI is InChI=1S/C11H9BrClN3O3/c1-19-6-9-10(16(17)18)11(13)15(14-9)8-4-2-7(12)3-5-8/h2-5H,6H2,1H3. The van der Waals surface area contributed by atoms with E-state index in [-0.39, 0.29) is 23.1 Å². The maximum absolute atomic E-state index is 11.0. The molecular formula is C11H9BrClN3O3. The average Bonchev–Trinajstić information content (AvgIpc) is 2.68. The van der Waals surface area contributed by atoms with Crippen molar-refractivity contribution >= 4 is 33.2 Å². The summed E-state index contributed by atoms with van der Waals surface area (Å²) < 4.78 is 7.11. The maximum Gasteiger partial charge on any atom is 0.331 e. The second-order valence-electron chi connectivity index (χ2n) is 3.66. The molecule has 6 nitrogen and oxygen atoms in total. The zero-order valence-corrected chi connectivity index (χ0v) is 12.2. The molecular weight excluding hydrogens is 337 g/mol. The Bertz CT molecular complexity index is 612. The lowest BCUT2D eigenvalue weighted by molar-refractivity contribution is -0.385. The second kappa shape index (κ2) is 5.68. The zero-order chi connectivity index (χ0) is 14.0. The van der Waals surface area contributed by atoms with E-state index >= 15 is 0 Å². The van der Waals surface area contributed by atoms with Crippen molar-refractivity contribution in [2.24, 2.45) is 0 Å². The summed E-state index contributed by atoms with van der Waals surface area (Å²) >= 11 is 9.34. The van der Waals surface area contributed by atoms with Crippen LogP contribution in [0.1, 0.15) is 5.69 Å². The highest BCUT2D eigenvalue weighted by atomic mass is 79.9. The average molecular weight is 347 g/mol. The molecule has 1 aromatic heterocycles. The van der Waals surface area contributed by atoms with Gasteiger partial charge in [0.15, 0.2) is 5.69 Å². The van der Waals surface area contributed by atoms with E-state index in [0.717, 1.165) is 4.47 Å². The lowest BCUT2D eigenvalue weighted by atomic mass is 10.3. The summed E-state index contributed by atoms with van der Waals surface area (Å²) in [5.74, 6) is 0. The molecule has 0 N–H and O–H groups in total. The Morgan fingerprint density at radius 3 is 2.63 bits per heavy atom. The van der Waals surface area contributed by atoms with Gasteiger partial charge in [0.05, 0.1) is 17.2 Å². The highest BCUT2D eigenvalue weighted by Gasteiger charge is 2.27. The molecule has 100 valence electrons. The van der Waals surface area contributed by atoms with Crippen LogP contribution < -0.4 is 0 Å². The molecule has 0 saturated heterocycles. The van der Waals surface area contributed by atoms with E-state index in [4.69, 9.17) is 16.3 Å². The number of ether oxygens (including phenoxy) is 1. The number of nitro groups is 1. The van der Waals surface area contributed by atoms with Crippen LogP contribution in [0.3, 0.4) is 0 Å². The zero-order valence-electron chi connectivity index (χ0n) is 9.84. The first-order valence-corrected chi connectivity index (χ1v) is 6.38. The molecule has 8 heteroatoms. The smallest absolute Gasteiger partial charge is 0.331 e. The fourth-order valence-electron chi connectivity index (χ4n) is 1.60. The first-order valence-electron chi connectivity index (χ1n) is 5.21. The van der Waals surface area contributed by atoms with Crippen LogP contribution in [-0.4, -0.2) is 21.8 Å². The number of hydrogen-bond donors (Lipinski definition) is 0. The number of rotatable bonds is 4. The molecule has 0 spiro atoms. The van der Waals surface area contributed by atoms with Crippen LogP contribution in [0.2, 0.25) is 5.15 Å². The molecule has 1 heterocycles. The fourth-order valence-corrected chi connectivity index (χ4v) is 2.18. The Kier molecular flexibility index (Phi) is 4.18. The number of benzene rings is 1. The van der Waals surface area contributed by atoms with E-state index in [2.05, 4.69) is 21.0 Å². The third kappa shape index (κ3) is 2.78. The Labute approximate surface area is 122 Å². The van der Waals surface area contributed by atoms with E-state index in [9.17, 15) is 10.1 Å². The van der Waals surface area contributed by atoms with Crippen molar-refractivity contribution in [2.75, 3.05) is 7.11 Å². The van der Waals surface area contributed by atoms with E-state index < -0.39 is 4.92 Å². The quantitative estimate of drug-likeness (QED) is 0.629. The molecule has 1 aromatic carbocycles. The lowest BCUT2D eigenvalue weighted by Crippen LogP contribution is -1.97. The molecule has 0 bridgehead atoms. The Morgan fingerprint density at radius 1 is 1.47 bits per heavy atom. The van der Waals surface area contributed by atoms with Gasteiger partial charge in [-0.15, -0.1) is 0 Å². The molecule has 0 saturated carbocycles. The minimum Gasteiger partial charge on any atom is -0.378 e. The van der Waals surface area contributed by atoms with E-state index in [0.29, 0.717) is 5.69 Å². The number of aromatic nitrogens is 2. The van der Waals surface area contributed by atoms with Gasteiger partial charge in [0.25, 0.3) is 0 Å². The van der Waals surface area contributed by atoms with Crippen LogP contribution in [-0.2, 0) is 11.3 Å². The molecule has 19 heavy (non-hydrogen) atoms. The number of halogens is 2. The molecule has 0 atom stereocenters. The minimum atomic E-state index is -0.557. The lowest BCUT2D eigenvalue weighted by Gasteiger charge is -2.01. The number of methoxy groups -OCH3 is 1. The molecule has 0 amide bonds. The largest absolute Gasteiger partial charge is 0.378 e. The van der Waals surface area contributed by atoms with Gasteiger partial charge in [-0.1, -0.05) is 27.5 Å². The molecule has 2 rings (SSSR count). The Balaban J connectivity index is 2.55.